The lowest BCUT2D eigenvalue weighted by Gasteiger charge is -2.17. The van der Waals surface area contributed by atoms with Crippen molar-refractivity contribution in [1.29, 1.82) is 0 Å². The first kappa shape index (κ1) is 13.2. The molecule has 0 aliphatic heterocycles. The van der Waals surface area contributed by atoms with Gasteiger partial charge in [0.05, 0.1) is 6.61 Å². The molecule has 2 rings (SSSR count). The van der Waals surface area contributed by atoms with E-state index in [4.69, 9.17) is 16.3 Å². The minimum absolute atomic E-state index is 0.138. The van der Waals surface area contributed by atoms with E-state index in [0.717, 1.165) is 12.8 Å². The van der Waals surface area contributed by atoms with Crippen LogP contribution in [0.5, 0.6) is 5.75 Å². The highest BCUT2D eigenvalue weighted by Crippen LogP contribution is 2.27. The summed E-state index contributed by atoms with van der Waals surface area (Å²) in [4.78, 5) is 11.8. The molecule has 1 aliphatic carbocycles. The SMILES string of the molecule is CC(Oc1cccc(Cl)c1CO)C(=O)NC1CC1. The number of hydrogen-bond donors (Lipinski definition) is 2. The summed E-state index contributed by atoms with van der Waals surface area (Å²) in [5.74, 6) is 0.310. The van der Waals surface area contributed by atoms with Gasteiger partial charge in [0.2, 0.25) is 0 Å². The summed E-state index contributed by atoms with van der Waals surface area (Å²) < 4.78 is 5.55. The Morgan fingerprint density at radius 1 is 1.61 bits per heavy atom. The second kappa shape index (κ2) is 5.59. The lowest BCUT2D eigenvalue weighted by molar-refractivity contribution is -0.127. The Hall–Kier alpha value is -1.26. The molecule has 1 amide bonds. The van der Waals surface area contributed by atoms with Crippen molar-refractivity contribution in [3.8, 4) is 5.75 Å². The van der Waals surface area contributed by atoms with Crippen molar-refractivity contribution < 1.29 is 14.6 Å². The van der Waals surface area contributed by atoms with Crippen molar-refractivity contribution in [3.63, 3.8) is 0 Å². The number of halogens is 1. The Labute approximate surface area is 111 Å². The highest BCUT2D eigenvalue weighted by atomic mass is 35.5. The Morgan fingerprint density at radius 2 is 2.33 bits per heavy atom. The maximum absolute atomic E-state index is 11.8. The van der Waals surface area contributed by atoms with Crippen LogP contribution in [0.3, 0.4) is 0 Å². The van der Waals surface area contributed by atoms with E-state index in [1.165, 1.54) is 0 Å². The van der Waals surface area contributed by atoms with Crippen molar-refractivity contribution >= 4 is 17.5 Å². The number of amides is 1. The molecule has 0 bridgehead atoms. The van der Waals surface area contributed by atoms with Gasteiger partial charge in [-0.3, -0.25) is 4.79 Å². The molecular weight excluding hydrogens is 254 g/mol. The number of aliphatic hydroxyl groups is 1. The number of benzene rings is 1. The zero-order valence-corrected chi connectivity index (χ0v) is 10.9. The Bertz CT molecular complexity index is 446. The van der Waals surface area contributed by atoms with Crippen molar-refractivity contribution in [2.45, 2.75) is 38.5 Å². The highest BCUT2D eigenvalue weighted by Gasteiger charge is 2.26. The quantitative estimate of drug-likeness (QED) is 0.858. The number of carbonyl (C=O) groups is 1. The van der Waals surface area contributed by atoms with E-state index in [0.29, 0.717) is 22.4 Å². The molecule has 1 aromatic rings. The molecule has 4 nitrogen and oxygen atoms in total. The topological polar surface area (TPSA) is 58.6 Å². The van der Waals surface area contributed by atoms with Crippen LogP contribution in [-0.2, 0) is 11.4 Å². The van der Waals surface area contributed by atoms with Gasteiger partial charge in [-0.1, -0.05) is 17.7 Å². The molecule has 1 aliphatic rings. The molecule has 18 heavy (non-hydrogen) atoms. The van der Waals surface area contributed by atoms with Gasteiger partial charge in [-0.2, -0.15) is 0 Å². The number of ether oxygens (including phenoxy) is 1. The molecule has 98 valence electrons. The number of rotatable bonds is 5. The maximum Gasteiger partial charge on any atom is 0.260 e. The normalized spacial score (nSPS) is 16.2. The van der Waals surface area contributed by atoms with E-state index >= 15 is 0 Å². The number of carbonyl (C=O) groups excluding carboxylic acids is 1. The number of nitrogens with one attached hydrogen (secondary N) is 1. The molecule has 1 unspecified atom stereocenters. The maximum atomic E-state index is 11.8. The average molecular weight is 270 g/mol. The number of aliphatic hydroxyl groups excluding tert-OH is 1. The average Bonchev–Trinajstić information content (AvgIpc) is 3.13. The van der Waals surface area contributed by atoms with Gasteiger partial charge in [-0.15, -0.1) is 0 Å². The molecular formula is C13H16ClNO3. The molecule has 1 atom stereocenters. The molecule has 0 aromatic heterocycles. The Kier molecular flexibility index (Phi) is 4.09. The molecule has 0 spiro atoms. The van der Waals surface area contributed by atoms with Crippen LogP contribution in [0.1, 0.15) is 25.3 Å². The standard InChI is InChI=1S/C13H16ClNO3/c1-8(13(17)15-9-5-6-9)18-12-4-2-3-11(14)10(12)7-16/h2-4,8-9,16H,5-7H2,1H3,(H,15,17). The molecule has 0 radical (unpaired) electrons. The summed E-state index contributed by atoms with van der Waals surface area (Å²) in [6.45, 7) is 1.46. The minimum atomic E-state index is -0.602. The van der Waals surface area contributed by atoms with E-state index in [9.17, 15) is 9.90 Å². The first-order chi connectivity index (χ1) is 8.61. The highest BCUT2D eigenvalue weighted by molar-refractivity contribution is 6.31. The van der Waals surface area contributed by atoms with E-state index in [1.54, 1.807) is 25.1 Å². The number of hydrogen-bond acceptors (Lipinski definition) is 3. The van der Waals surface area contributed by atoms with E-state index in [1.807, 2.05) is 0 Å². The molecule has 1 saturated carbocycles. The fraction of sp³-hybridized carbons (Fsp3) is 0.462. The summed E-state index contributed by atoms with van der Waals surface area (Å²) in [5.41, 5.74) is 0.505. The molecule has 1 aromatic carbocycles. The Balaban J connectivity index is 2.03. The van der Waals surface area contributed by atoms with Gasteiger partial charge in [-0.25, -0.2) is 0 Å². The van der Waals surface area contributed by atoms with Gasteiger partial charge in [0.1, 0.15) is 5.75 Å². The lowest BCUT2D eigenvalue weighted by atomic mass is 10.2. The van der Waals surface area contributed by atoms with Gasteiger partial charge in [0.15, 0.2) is 6.10 Å². The van der Waals surface area contributed by atoms with Gasteiger partial charge >= 0.3 is 0 Å². The zero-order chi connectivity index (χ0) is 13.1. The van der Waals surface area contributed by atoms with Crippen molar-refractivity contribution in [2.75, 3.05) is 0 Å². The second-order valence-corrected chi connectivity index (χ2v) is 4.82. The van der Waals surface area contributed by atoms with Crippen molar-refractivity contribution in [3.05, 3.63) is 28.8 Å². The lowest BCUT2D eigenvalue weighted by Crippen LogP contribution is -2.37. The van der Waals surface area contributed by atoms with Crippen LogP contribution >= 0.6 is 11.6 Å². The zero-order valence-electron chi connectivity index (χ0n) is 10.1. The van der Waals surface area contributed by atoms with Crippen LogP contribution in [-0.4, -0.2) is 23.2 Å². The predicted molar refractivity (Wildman–Crippen MR) is 68.6 cm³/mol. The van der Waals surface area contributed by atoms with Gasteiger partial charge in [0.25, 0.3) is 5.91 Å². The van der Waals surface area contributed by atoms with Crippen LogP contribution < -0.4 is 10.1 Å². The third-order valence-corrected chi connectivity index (χ3v) is 3.18. The fourth-order valence-electron chi connectivity index (χ4n) is 1.59. The largest absolute Gasteiger partial charge is 0.480 e. The van der Waals surface area contributed by atoms with E-state index in [-0.39, 0.29) is 12.5 Å². The van der Waals surface area contributed by atoms with E-state index in [2.05, 4.69) is 5.32 Å². The van der Waals surface area contributed by atoms with Crippen molar-refractivity contribution in [1.82, 2.24) is 5.32 Å². The monoisotopic (exact) mass is 269 g/mol. The van der Waals surface area contributed by atoms with Crippen LogP contribution in [0.15, 0.2) is 18.2 Å². The summed E-state index contributed by atoms with van der Waals surface area (Å²) in [6, 6.07) is 5.40. The third kappa shape index (κ3) is 3.15. The molecule has 5 heteroatoms. The first-order valence-corrected chi connectivity index (χ1v) is 6.35. The fourth-order valence-corrected chi connectivity index (χ4v) is 1.82. The summed E-state index contributed by atoms with van der Waals surface area (Å²) in [5, 5.41) is 12.5. The summed E-state index contributed by atoms with van der Waals surface area (Å²) in [6.07, 6.45) is 1.48. The molecule has 0 heterocycles. The van der Waals surface area contributed by atoms with Gasteiger partial charge in [-0.05, 0) is 31.9 Å². The minimum Gasteiger partial charge on any atom is -0.480 e. The summed E-state index contributed by atoms with van der Waals surface area (Å²) >= 11 is 5.95. The van der Waals surface area contributed by atoms with Crippen LogP contribution in [0.25, 0.3) is 0 Å². The second-order valence-electron chi connectivity index (χ2n) is 4.42. The van der Waals surface area contributed by atoms with Gasteiger partial charge in [0, 0.05) is 16.6 Å². The molecule has 0 saturated heterocycles. The molecule has 2 N–H and O–H groups in total. The Morgan fingerprint density at radius 3 is 2.94 bits per heavy atom. The van der Waals surface area contributed by atoms with Crippen LogP contribution in [0.2, 0.25) is 5.02 Å². The summed E-state index contributed by atoms with van der Waals surface area (Å²) in [7, 11) is 0. The van der Waals surface area contributed by atoms with E-state index < -0.39 is 6.10 Å². The van der Waals surface area contributed by atoms with Crippen LogP contribution in [0, 0.1) is 0 Å². The third-order valence-electron chi connectivity index (χ3n) is 2.83. The first-order valence-electron chi connectivity index (χ1n) is 5.97. The molecule has 1 fully saturated rings. The van der Waals surface area contributed by atoms with Crippen LogP contribution in [0.4, 0.5) is 0 Å². The van der Waals surface area contributed by atoms with Gasteiger partial charge < -0.3 is 15.2 Å². The predicted octanol–water partition coefficient (Wildman–Crippen LogP) is 1.88. The van der Waals surface area contributed by atoms with Crippen molar-refractivity contribution in [2.24, 2.45) is 0 Å². The smallest absolute Gasteiger partial charge is 0.260 e.